The van der Waals surface area contributed by atoms with E-state index in [-0.39, 0.29) is 13.2 Å². The largest absolute Gasteiger partial charge is 0.490 e. The van der Waals surface area contributed by atoms with Gasteiger partial charge in [-0.3, -0.25) is 9.59 Å². The summed E-state index contributed by atoms with van der Waals surface area (Å²) >= 11 is 12.3. The lowest BCUT2D eigenvalue weighted by Crippen LogP contribution is -2.37. The zero-order chi connectivity index (χ0) is 25.2. The third-order valence-corrected chi connectivity index (χ3v) is 5.32. The molecule has 0 bridgehead atoms. The first-order valence-corrected chi connectivity index (χ1v) is 11.6. The Kier molecular flexibility index (Phi) is 9.52. The number of carbonyl (C=O) groups excluding carboxylic acids is 2. The van der Waals surface area contributed by atoms with E-state index >= 15 is 0 Å². The molecule has 3 aromatic rings. The highest BCUT2D eigenvalue weighted by Gasteiger charge is 2.14. The van der Waals surface area contributed by atoms with Crippen molar-refractivity contribution in [3.8, 4) is 11.5 Å². The van der Waals surface area contributed by atoms with Crippen LogP contribution < -0.4 is 20.2 Å². The van der Waals surface area contributed by atoms with Crippen LogP contribution in [0, 0.1) is 6.92 Å². The number of hydrogen-bond acceptors (Lipinski definition) is 5. The predicted molar refractivity (Wildman–Crippen MR) is 137 cm³/mol. The Morgan fingerprint density at radius 3 is 2.31 bits per heavy atom. The van der Waals surface area contributed by atoms with Crippen LogP contribution in [0.2, 0.25) is 10.0 Å². The highest BCUT2D eigenvalue weighted by atomic mass is 35.5. The van der Waals surface area contributed by atoms with E-state index in [4.69, 9.17) is 32.7 Å². The van der Waals surface area contributed by atoms with E-state index in [1.807, 2.05) is 50.2 Å². The van der Waals surface area contributed by atoms with Gasteiger partial charge in [-0.15, -0.1) is 0 Å². The first-order valence-electron chi connectivity index (χ1n) is 10.9. The van der Waals surface area contributed by atoms with E-state index in [1.165, 1.54) is 6.21 Å². The van der Waals surface area contributed by atoms with Gasteiger partial charge in [0.25, 0.3) is 0 Å². The predicted octanol–water partition coefficient (Wildman–Crippen LogP) is 5.05. The van der Waals surface area contributed by atoms with Gasteiger partial charge in [0.05, 0.1) is 17.8 Å². The van der Waals surface area contributed by atoms with Crippen LogP contribution in [0.15, 0.2) is 65.8 Å². The lowest BCUT2D eigenvalue weighted by molar-refractivity contribution is -0.139. The van der Waals surface area contributed by atoms with Gasteiger partial charge in [0.2, 0.25) is 0 Å². The van der Waals surface area contributed by atoms with Crippen LogP contribution in [0.5, 0.6) is 11.5 Å². The summed E-state index contributed by atoms with van der Waals surface area (Å²) in [5.41, 5.74) is 5.68. The number of benzene rings is 3. The molecule has 0 saturated heterocycles. The Hall–Kier alpha value is -3.55. The molecule has 0 saturated carbocycles. The second-order valence-corrected chi connectivity index (χ2v) is 8.39. The third kappa shape index (κ3) is 8.02. The first-order chi connectivity index (χ1) is 16.9. The zero-order valence-electron chi connectivity index (χ0n) is 19.3. The maximum atomic E-state index is 12.0. The van der Waals surface area contributed by atoms with Crippen LogP contribution >= 0.6 is 23.2 Å². The summed E-state index contributed by atoms with van der Waals surface area (Å²) in [7, 11) is 0. The number of halogens is 2. The topological polar surface area (TPSA) is 89.0 Å². The minimum atomic E-state index is -0.882. The molecule has 3 rings (SSSR count). The molecule has 0 aromatic heterocycles. The number of nitrogens with zero attached hydrogens (tertiary/aromatic N) is 1. The summed E-state index contributed by atoms with van der Waals surface area (Å²) in [5.74, 6) is -0.855. The number of aryl methyl sites for hydroxylation is 1. The van der Waals surface area contributed by atoms with Crippen molar-refractivity contribution in [3.05, 3.63) is 93.0 Å². The van der Waals surface area contributed by atoms with E-state index < -0.39 is 11.8 Å². The van der Waals surface area contributed by atoms with Crippen LogP contribution in [0.4, 0.5) is 0 Å². The van der Waals surface area contributed by atoms with Crippen LogP contribution in [-0.2, 0) is 22.7 Å². The van der Waals surface area contributed by atoms with Gasteiger partial charge in [-0.2, -0.15) is 5.10 Å². The monoisotopic (exact) mass is 513 g/mol. The number of rotatable bonds is 9. The smallest absolute Gasteiger partial charge is 0.329 e. The zero-order valence-corrected chi connectivity index (χ0v) is 20.8. The van der Waals surface area contributed by atoms with Crippen molar-refractivity contribution in [2.24, 2.45) is 5.10 Å². The van der Waals surface area contributed by atoms with Crippen molar-refractivity contribution in [3.63, 3.8) is 0 Å². The molecule has 0 fully saturated rings. The molecule has 7 nitrogen and oxygen atoms in total. The Labute approximate surface area is 214 Å². The normalized spacial score (nSPS) is 10.7. The fourth-order valence-electron chi connectivity index (χ4n) is 2.99. The molecule has 2 N–H and O–H groups in total. The average molecular weight is 514 g/mol. The van der Waals surface area contributed by atoms with Crippen molar-refractivity contribution >= 4 is 41.2 Å². The van der Waals surface area contributed by atoms with Crippen molar-refractivity contribution in [1.82, 2.24) is 10.7 Å². The maximum absolute atomic E-state index is 12.0. The Bertz CT molecular complexity index is 1200. The number of hydrogen-bond donors (Lipinski definition) is 2. The van der Waals surface area contributed by atoms with E-state index in [0.29, 0.717) is 33.7 Å². The molecular formula is C26H25Cl2N3O4. The van der Waals surface area contributed by atoms with Crippen molar-refractivity contribution < 1.29 is 19.1 Å². The van der Waals surface area contributed by atoms with Crippen LogP contribution in [0.3, 0.4) is 0 Å². The molecule has 2 amide bonds. The fourth-order valence-corrected chi connectivity index (χ4v) is 3.39. The fraction of sp³-hybridized carbons (Fsp3) is 0.192. The Morgan fingerprint density at radius 2 is 1.63 bits per heavy atom. The van der Waals surface area contributed by atoms with Crippen LogP contribution in [0.25, 0.3) is 0 Å². The van der Waals surface area contributed by atoms with Crippen LogP contribution in [0.1, 0.15) is 29.2 Å². The van der Waals surface area contributed by atoms with Gasteiger partial charge < -0.3 is 14.8 Å². The van der Waals surface area contributed by atoms with Crippen LogP contribution in [-0.4, -0.2) is 24.6 Å². The quantitative estimate of drug-likeness (QED) is 0.238. The van der Waals surface area contributed by atoms with Gasteiger partial charge in [-0.1, -0.05) is 65.2 Å². The van der Waals surface area contributed by atoms with Gasteiger partial charge in [0.1, 0.15) is 6.61 Å². The number of carbonyl (C=O) groups is 2. The van der Waals surface area contributed by atoms with E-state index in [9.17, 15) is 9.59 Å². The maximum Gasteiger partial charge on any atom is 0.329 e. The SMILES string of the molecule is CCOc1cc(/C=N\NC(=O)C(=O)NCc2ccc(C)cc2)cc(Cl)c1OCc1ccc(Cl)cc1. The summed E-state index contributed by atoms with van der Waals surface area (Å²) in [4.78, 5) is 24.0. The van der Waals surface area contributed by atoms with Crippen molar-refractivity contribution in [2.45, 2.75) is 27.0 Å². The lowest BCUT2D eigenvalue weighted by atomic mass is 10.1. The molecule has 0 heterocycles. The Morgan fingerprint density at radius 1 is 0.943 bits per heavy atom. The summed E-state index contributed by atoms with van der Waals surface area (Å²) in [6.45, 7) is 4.72. The molecule has 9 heteroatoms. The minimum absolute atomic E-state index is 0.237. The summed E-state index contributed by atoms with van der Waals surface area (Å²) in [6.07, 6.45) is 1.36. The molecule has 0 unspecified atom stereocenters. The average Bonchev–Trinajstić information content (AvgIpc) is 2.84. The second-order valence-electron chi connectivity index (χ2n) is 7.55. The molecule has 0 radical (unpaired) electrons. The van der Waals surface area contributed by atoms with Gasteiger partial charge in [0, 0.05) is 11.6 Å². The summed E-state index contributed by atoms with van der Waals surface area (Å²) < 4.78 is 11.5. The second kappa shape index (κ2) is 12.8. The molecule has 0 aliphatic heterocycles. The van der Waals surface area contributed by atoms with Gasteiger partial charge in [0.15, 0.2) is 11.5 Å². The number of hydrazone groups is 1. The summed E-state index contributed by atoms with van der Waals surface area (Å²) in [6, 6.07) is 18.2. The lowest BCUT2D eigenvalue weighted by Gasteiger charge is -2.14. The molecule has 0 atom stereocenters. The number of nitrogens with one attached hydrogen (secondary N) is 2. The molecule has 0 aliphatic carbocycles. The summed E-state index contributed by atoms with van der Waals surface area (Å²) in [5, 5.41) is 7.35. The number of ether oxygens (including phenoxy) is 2. The molecule has 182 valence electrons. The van der Waals surface area contributed by atoms with Gasteiger partial charge >= 0.3 is 11.8 Å². The molecular weight excluding hydrogens is 489 g/mol. The van der Waals surface area contributed by atoms with E-state index in [0.717, 1.165) is 16.7 Å². The highest BCUT2D eigenvalue weighted by Crippen LogP contribution is 2.37. The first kappa shape index (κ1) is 26.1. The standard InChI is InChI=1S/C26H25Cl2N3O4/c1-3-34-23-13-20(12-22(28)24(23)35-16-19-8-10-21(27)11-9-19)15-30-31-26(33)25(32)29-14-18-6-4-17(2)5-7-18/h4-13,15H,3,14,16H2,1-2H3,(H,29,32)(H,31,33)/b30-15-. The van der Waals surface area contributed by atoms with Gasteiger partial charge in [-0.05, 0) is 54.8 Å². The van der Waals surface area contributed by atoms with Gasteiger partial charge in [-0.25, -0.2) is 5.43 Å². The highest BCUT2D eigenvalue weighted by molar-refractivity contribution is 6.35. The third-order valence-electron chi connectivity index (χ3n) is 4.79. The van der Waals surface area contributed by atoms with Crippen molar-refractivity contribution in [1.29, 1.82) is 0 Å². The molecule has 0 aliphatic rings. The molecule has 35 heavy (non-hydrogen) atoms. The molecule has 3 aromatic carbocycles. The van der Waals surface area contributed by atoms with E-state index in [1.54, 1.807) is 24.3 Å². The molecule has 0 spiro atoms. The minimum Gasteiger partial charge on any atom is -0.490 e. The number of amides is 2. The van der Waals surface area contributed by atoms with E-state index in [2.05, 4.69) is 15.8 Å². The van der Waals surface area contributed by atoms with Crippen molar-refractivity contribution in [2.75, 3.05) is 6.61 Å². The Balaban J connectivity index is 1.59.